The van der Waals surface area contributed by atoms with Gasteiger partial charge in [-0.25, -0.2) is 14.3 Å². The predicted octanol–water partition coefficient (Wildman–Crippen LogP) is 1.77. The summed E-state index contributed by atoms with van der Waals surface area (Å²) in [5.41, 5.74) is 1.40. The molecule has 2 aromatic carbocycles. The van der Waals surface area contributed by atoms with Crippen molar-refractivity contribution < 1.29 is 19.0 Å². The molecule has 32 heavy (non-hydrogen) atoms. The van der Waals surface area contributed by atoms with Crippen LogP contribution < -0.4 is 30.5 Å². The third-order valence-electron chi connectivity index (χ3n) is 4.90. The second kappa shape index (κ2) is 10.4. The molecule has 0 fully saturated rings. The molecule has 0 aliphatic heterocycles. The summed E-state index contributed by atoms with van der Waals surface area (Å²) in [6.45, 7) is 0.806. The summed E-state index contributed by atoms with van der Waals surface area (Å²) in [6, 6.07) is 12.4. The van der Waals surface area contributed by atoms with E-state index in [9.17, 15) is 9.59 Å². The zero-order valence-electron chi connectivity index (χ0n) is 18.5. The van der Waals surface area contributed by atoms with Crippen LogP contribution in [0.15, 0.2) is 47.3 Å². The van der Waals surface area contributed by atoms with Gasteiger partial charge in [0.05, 0.1) is 27.9 Å². The third-order valence-corrected chi connectivity index (χ3v) is 4.90. The minimum Gasteiger partial charge on any atom is -0.497 e. The molecule has 3 rings (SSSR count). The first-order valence-corrected chi connectivity index (χ1v) is 9.97. The molecule has 0 unspecified atom stereocenters. The fourth-order valence-corrected chi connectivity index (χ4v) is 3.14. The van der Waals surface area contributed by atoms with Gasteiger partial charge in [-0.3, -0.25) is 4.57 Å². The lowest BCUT2D eigenvalue weighted by atomic mass is 10.2. The predicted molar refractivity (Wildman–Crippen MR) is 119 cm³/mol. The lowest BCUT2D eigenvalue weighted by Crippen LogP contribution is -2.38. The first kappa shape index (κ1) is 22.7. The van der Waals surface area contributed by atoms with Gasteiger partial charge < -0.3 is 24.8 Å². The van der Waals surface area contributed by atoms with Crippen molar-refractivity contribution >= 4 is 6.03 Å². The Hall–Kier alpha value is -3.95. The SMILES string of the molecule is COc1ccc(-c2nn(CCNC(=O)NCc3ccc(OC)c(OC)c3)c(=O)n2C)cc1. The van der Waals surface area contributed by atoms with Crippen molar-refractivity contribution in [1.29, 1.82) is 0 Å². The van der Waals surface area contributed by atoms with Crippen LogP contribution in [0.25, 0.3) is 11.4 Å². The Kier molecular flexibility index (Phi) is 7.37. The van der Waals surface area contributed by atoms with E-state index >= 15 is 0 Å². The molecule has 10 nitrogen and oxygen atoms in total. The number of benzene rings is 2. The molecule has 0 bridgehead atoms. The summed E-state index contributed by atoms with van der Waals surface area (Å²) in [6.07, 6.45) is 0. The molecule has 0 aliphatic carbocycles. The summed E-state index contributed by atoms with van der Waals surface area (Å²) in [4.78, 5) is 24.6. The first-order valence-electron chi connectivity index (χ1n) is 9.97. The number of nitrogens with one attached hydrogen (secondary N) is 2. The second-order valence-electron chi connectivity index (χ2n) is 6.92. The number of urea groups is 1. The Morgan fingerprint density at radius 2 is 1.69 bits per heavy atom. The number of ether oxygens (including phenoxy) is 3. The highest BCUT2D eigenvalue weighted by Crippen LogP contribution is 2.27. The van der Waals surface area contributed by atoms with Gasteiger partial charge in [0, 0.05) is 25.7 Å². The van der Waals surface area contributed by atoms with E-state index in [0.29, 0.717) is 23.9 Å². The van der Waals surface area contributed by atoms with Gasteiger partial charge in [0.15, 0.2) is 17.3 Å². The van der Waals surface area contributed by atoms with E-state index in [-0.39, 0.29) is 24.8 Å². The van der Waals surface area contributed by atoms with Crippen molar-refractivity contribution in [2.45, 2.75) is 13.1 Å². The highest BCUT2D eigenvalue weighted by molar-refractivity contribution is 5.73. The maximum atomic E-state index is 12.5. The summed E-state index contributed by atoms with van der Waals surface area (Å²) < 4.78 is 18.4. The normalized spacial score (nSPS) is 10.5. The van der Waals surface area contributed by atoms with E-state index in [2.05, 4.69) is 15.7 Å². The number of rotatable bonds is 9. The number of hydrogen-bond acceptors (Lipinski definition) is 6. The number of nitrogens with zero attached hydrogens (tertiary/aromatic N) is 3. The average molecular weight is 441 g/mol. The fourth-order valence-electron chi connectivity index (χ4n) is 3.14. The van der Waals surface area contributed by atoms with Crippen LogP contribution in [-0.2, 0) is 20.1 Å². The molecule has 0 spiro atoms. The fraction of sp³-hybridized carbons (Fsp3) is 0.318. The maximum Gasteiger partial charge on any atom is 0.345 e. The van der Waals surface area contributed by atoms with Gasteiger partial charge in [0.2, 0.25) is 0 Å². The van der Waals surface area contributed by atoms with Gasteiger partial charge in [0.1, 0.15) is 5.75 Å². The molecule has 1 aromatic heterocycles. The van der Waals surface area contributed by atoms with Crippen molar-refractivity contribution in [3.05, 3.63) is 58.5 Å². The standard InChI is InChI=1S/C22H27N5O5/c1-26-20(16-6-8-17(30-2)9-7-16)25-27(22(26)29)12-11-23-21(28)24-14-15-5-10-18(31-3)19(13-15)32-4/h5-10,13H,11-12,14H2,1-4H3,(H2,23,24,28). The zero-order valence-corrected chi connectivity index (χ0v) is 18.5. The van der Waals surface area contributed by atoms with Crippen LogP contribution in [0.1, 0.15) is 5.56 Å². The number of carbonyl (C=O) groups excluding carboxylic acids is 1. The van der Waals surface area contributed by atoms with Crippen molar-refractivity contribution in [2.24, 2.45) is 7.05 Å². The smallest absolute Gasteiger partial charge is 0.345 e. The number of methoxy groups -OCH3 is 3. The van der Waals surface area contributed by atoms with Crippen LogP contribution in [0.5, 0.6) is 17.2 Å². The van der Waals surface area contributed by atoms with Crippen LogP contribution in [-0.4, -0.2) is 48.3 Å². The van der Waals surface area contributed by atoms with Gasteiger partial charge in [-0.15, -0.1) is 5.10 Å². The van der Waals surface area contributed by atoms with Gasteiger partial charge >= 0.3 is 11.7 Å². The lowest BCUT2D eigenvalue weighted by molar-refractivity contribution is 0.240. The van der Waals surface area contributed by atoms with Gasteiger partial charge in [-0.05, 0) is 42.0 Å². The Labute approximate surface area is 185 Å². The monoisotopic (exact) mass is 441 g/mol. The largest absolute Gasteiger partial charge is 0.497 e. The maximum absolute atomic E-state index is 12.5. The molecule has 2 amide bonds. The molecule has 0 atom stereocenters. The number of hydrogen-bond donors (Lipinski definition) is 2. The number of aromatic nitrogens is 3. The van der Waals surface area contributed by atoms with Crippen molar-refractivity contribution in [3.63, 3.8) is 0 Å². The Morgan fingerprint density at radius 1 is 0.969 bits per heavy atom. The highest BCUT2D eigenvalue weighted by Gasteiger charge is 2.12. The molecule has 0 saturated carbocycles. The van der Waals surface area contributed by atoms with Crippen LogP contribution in [0, 0.1) is 0 Å². The average Bonchev–Trinajstić information content (AvgIpc) is 3.11. The Balaban J connectivity index is 1.54. The molecule has 170 valence electrons. The molecule has 0 aliphatic rings. The van der Waals surface area contributed by atoms with Crippen LogP contribution >= 0.6 is 0 Å². The molecular weight excluding hydrogens is 414 g/mol. The molecule has 2 N–H and O–H groups in total. The van der Waals surface area contributed by atoms with Crippen molar-refractivity contribution in [2.75, 3.05) is 27.9 Å². The first-order chi connectivity index (χ1) is 15.5. The van der Waals surface area contributed by atoms with Crippen LogP contribution in [0.4, 0.5) is 4.79 Å². The number of amides is 2. The highest BCUT2D eigenvalue weighted by atomic mass is 16.5. The number of carbonyl (C=O) groups is 1. The summed E-state index contributed by atoms with van der Waals surface area (Å²) in [5.74, 6) is 2.47. The van der Waals surface area contributed by atoms with Gasteiger partial charge in [-0.1, -0.05) is 6.07 Å². The molecule has 0 radical (unpaired) electrons. The van der Waals surface area contributed by atoms with E-state index in [1.807, 2.05) is 30.3 Å². The molecular formula is C22H27N5O5. The van der Waals surface area contributed by atoms with Crippen LogP contribution in [0.3, 0.4) is 0 Å². The summed E-state index contributed by atoms with van der Waals surface area (Å²) >= 11 is 0. The topological polar surface area (TPSA) is 109 Å². The Bertz CT molecular complexity index is 1120. The zero-order chi connectivity index (χ0) is 23.1. The van der Waals surface area contributed by atoms with Crippen molar-refractivity contribution in [3.8, 4) is 28.6 Å². The molecule has 10 heteroatoms. The van der Waals surface area contributed by atoms with E-state index < -0.39 is 0 Å². The van der Waals surface area contributed by atoms with Gasteiger partial charge in [-0.2, -0.15) is 0 Å². The van der Waals surface area contributed by atoms with Crippen molar-refractivity contribution in [1.82, 2.24) is 25.0 Å². The molecule has 1 heterocycles. The quantitative estimate of drug-likeness (QED) is 0.524. The summed E-state index contributed by atoms with van der Waals surface area (Å²) in [5, 5.41) is 9.89. The summed E-state index contributed by atoms with van der Waals surface area (Å²) in [7, 11) is 6.38. The second-order valence-corrected chi connectivity index (χ2v) is 6.92. The lowest BCUT2D eigenvalue weighted by Gasteiger charge is -2.11. The molecule has 0 saturated heterocycles. The van der Waals surface area contributed by atoms with E-state index in [0.717, 1.165) is 16.9 Å². The minimum absolute atomic E-state index is 0.243. The molecule has 3 aromatic rings. The third kappa shape index (κ3) is 5.20. The Morgan fingerprint density at radius 3 is 2.34 bits per heavy atom. The van der Waals surface area contributed by atoms with Gasteiger partial charge in [0.25, 0.3) is 0 Å². The van der Waals surface area contributed by atoms with Crippen LogP contribution in [0.2, 0.25) is 0 Å². The van der Waals surface area contributed by atoms with E-state index in [1.165, 1.54) is 9.25 Å². The minimum atomic E-state index is -0.348. The van der Waals surface area contributed by atoms with E-state index in [4.69, 9.17) is 14.2 Å². The van der Waals surface area contributed by atoms with E-state index in [1.54, 1.807) is 40.5 Å².